The number of hydrogen-bond acceptors (Lipinski definition) is 4. The Morgan fingerprint density at radius 1 is 1.47 bits per heavy atom. The van der Waals surface area contributed by atoms with Gasteiger partial charge in [0.05, 0.1) is 5.75 Å². The lowest BCUT2D eigenvalue weighted by Gasteiger charge is -2.26. The standard InChI is InChI=1S/C11H25N3O2S/c1-10(2)8-14(6-7-17(12,15)16)9-11-4-3-5-13-11/h10-11,13H,3-9H2,1-2H3,(H2,12,15,16). The summed E-state index contributed by atoms with van der Waals surface area (Å²) in [6.45, 7) is 7.75. The van der Waals surface area contributed by atoms with Crippen LogP contribution in [-0.4, -0.2) is 51.3 Å². The maximum absolute atomic E-state index is 11.0. The van der Waals surface area contributed by atoms with Gasteiger partial charge >= 0.3 is 0 Å². The SMILES string of the molecule is CC(C)CN(CCS(N)(=O)=O)CC1CCCN1. The molecule has 0 aromatic heterocycles. The molecule has 1 saturated heterocycles. The first-order valence-corrected chi connectivity index (χ1v) is 8.04. The van der Waals surface area contributed by atoms with E-state index in [1.807, 2.05) is 0 Å². The first-order chi connectivity index (χ1) is 7.87. The highest BCUT2D eigenvalue weighted by Gasteiger charge is 2.19. The van der Waals surface area contributed by atoms with Crippen molar-refractivity contribution < 1.29 is 8.42 Å². The van der Waals surface area contributed by atoms with Gasteiger partial charge in [0.15, 0.2) is 0 Å². The van der Waals surface area contributed by atoms with E-state index in [2.05, 4.69) is 24.1 Å². The summed E-state index contributed by atoms with van der Waals surface area (Å²) < 4.78 is 22.0. The van der Waals surface area contributed by atoms with Crippen molar-refractivity contribution in [1.82, 2.24) is 10.2 Å². The number of nitrogens with two attached hydrogens (primary N) is 1. The number of sulfonamides is 1. The van der Waals surface area contributed by atoms with Gasteiger partial charge in [0.2, 0.25) is 10.0 Å². The zero-order chi connectivity index (χ0) is 12.9. The summed E-state index contributed by atoms with van der Waals surface area (Å²) in [5.41, 5.74) is 0. The Bertz CT molecular complexity index is 311. The first-order valence-electron chi connectivity index (χ1n) is 6.33. The van der Waals surface area contributed by atoms with E-state index in [0.717, 1.165) is 19.6 Å². The zero-order valence-electron chi connectivity index (χ0n) is 10.9. The van der Waals surface area contributed by atoms with Crippen LogP contribution in [0.5, 0.6) is 0 Å². The maximum Gasteiger partial charge on any atom is 0.210 e. The average molecular weight is 263 g/mol. The second-order valence-corrected chi connectivity index (χ2v) is 7.05. The molecule has 17 heavy (non-hydrogen) atoms. The molecule has 1 fully saturated rings. The molecule has 1 atom stereocenters. The zero-order valence-corrected chi connectivity index (χ0v) is 11.7. The third-order valence-electron chi connectivity index (χ3n) is 2.96. The second-order valence-electron chi connectivity index (χ2n) is 5.31. The lowest BCUT2D eigenvalue weighted by Crippen LogP contribution is -2.42. The van der Waals surface area contributed by atoms with Gasteiger partial charge in [-0.1, -0.05) is 13.8 Å². The number of primary sulfonamides is 1. The fourth-order valence-corrected chi connectivity index (χ4v) is 2.77. The molecular weight excluding hydrogens is 238 g/mol. The van der Waals surface area contributed by atoms with E-state index in [0.29, 0.717) is 18.5 Å². The summed E-state index contributed by atoms with van der Waals surface area (Å²) in [5.74, 6) is 0.587. The Morgan fingerprint density at radius 3 is 2.65 bits per heavy atom. The normalized spacial score (nSPS) is 21.6. The molecule has 1 heterocycles. The molecule has 0 aromatic rings. The van der Waals surface area contributed by atoms with Crippen LogP contribution in [0.3, 0.4) is 0 Å². The molecule has 6 heteroatoms. The van der Waals surface area contributed by atoms with Gasteiger partial charge in [0.1, 0.15) is 0 Å². The van der Waals surface area contributed by atoms with Gasteiger partial charge < -0.3 is 10.2 Å². The lowest BCUT2D eigenvalue weighted by molar-refractivity contribution is 0.235. The number of nitrogens with one attached hydrogen (secondary N) is 1. The Hall–Kier alpha value is -0.170. The molecule has 0 bridgehead atoms. The molecule has 3 N–H and O–H groups in total. The highest BCUT2D eigenvalue weighted by Crippen LogP contribution is 2.08. The van der Waals surface area contributed by atoms with Gasteiger partial charge in [0, 0.05) is 25.7 Å². The van der Waals surface area contributed by atoms with E-state index in [9.17, 15) is 8.42 Å². The fourth-order valence-electron chi connectivity index (χ4n) is 2.25. The van der Waals surface area contributed by atoms with Crippen LogP contribution in [0.15, 0.2) is 0 Å². The minimum Gasteiger partial charge on any atom is -0.313 e. The van der Waals surface area contributed by atoms with Gasteiger partial charge in [-0.3, -0.25) is 0 Å². The number of nitrogens with zero attached hydrogens (tertiary/aromatic N) is 1. The smallest absolute Gasteiger partial charge is 0.210 e. The van der Waals surface area contributed by atoms with E-state index in [1.165, 1.54) is 12.8 Å². The highest BCUT2D eigenvalue weighted by atomic mass is 32.2. The van der Waals surface area contributed by atoms with Crippen molar-refractivity contribution in [2.75, 3.05) is 31.9 Å². The van der Waals surface area contributed by atoms with Crippen molar-refractivity contribution in [3.05, 3.63) is 0 Å². The Balaban J connectivity index is 2.41. The minimum absolute atomic E-state index is 0.0481. The number of rotatable bonds is 7. The molecular formula is C11H25N3O2S. The predicted octanol–water partition coefficient (Wildman–Crippen LogP) is -0.0151. The molecule has 5 nitrogen and oxygen atoms in total. The van der Waals surface area contributed by atoms with Gasteiger partial charge in [-0.25, -0.2) is 13.6 Å². The van der Waals surface area contributed by atoms with Crippen molar-refractivity contribution in [2.24, 2.45) is 11.1 Å². The third kappa shape index (κ3) is 6.98. The predicted molar refractivity (Wildman–Crippen MR) is 70.3 cm³/mol. The number of hydrogen-bond donors (Lipinski definition) is 2. The third-order valence-corrected chi connectivity index (χ3v) is 3.71. The molecule has 0 aromatic carbocycles. The van der Waals surface area contributed by atoms with Gasteiger partial charge in [-0.15, -0.1) is 0 Å². The summed E-state index contributed by atoms with van der Waals surface area (Å²) >= 11 is 0. The van der Waals surface area contributed by atoms with Gasteiger partial charge in [-0.05, 0) is 25.3 Å². The van der Waals surface area contributed by atoms with Crippen LogP contribution >= 0.6 is 0 Å². The van der Waals surface area contributed by atoms with E-state index in [1.54, 1.807) is 0 Å². The average Bonchev–Trinajstić information content (AvgIpc) is 2.65. The summed E-state index contributed by atoms with van der Waals surface area (Å²) in [5, 5.41) is 8.49. The summed E-state index contributed by atoms with van der Waals surface area (Å²) in [6.07, 6.45) is 2.40. The topological polar surface area (TPSA) is 75.4 Å². The minimum atomic E-state index is -3.35. The molecule has 1 aliphatic heterocycles. The molecule has 1 rings (SSSR count). The van der Waals surface area contributed by atoms with Crippen LogP contribution in [0, 0.1) is 5.92 Å². The Morgan fingerprint density at radius 2 is 2.18 bits per heavy atom. The van der Waals surface area contributed by atoms with Crippen molar-refractivity contribution in [3.63, 3.8) is 0 Å². The molecule has 1 unspecified atom stereocenters. The van der Waals surface area contributed by atoms with Gasteiger partial charge in [-0.2, -0.15) is 0 Å². The van der Waals surface area contributed by atoms with Crippen LogP contribution in [-0.2, 0) is 10.0 Å². The van der Waals surface area contributed by atoms with E-state index in [4.69, 9.17) is 5.14 Å². The van der Waals surface area contributed by atoms with Crippen molar-refractivity contribution in [3.8, 4) is 0 Å². The highest BCUT2D eigenvalue weighted by molar-refractivity contribution is 7.89. The molecule has 0 amide bonds. The van der Waals surface area contributed by atoms with Crippen LogP contribution in [0.2, 0.25) is 0 Å². The summed E-state index contributed by atoms with van der Waals surface area (Å²) in [6, 6.07) is 0.509. The van der Waals surface area contributed by atoms with E-state index >= 15 is 0 Å². The maximum atomic E-state index is 11.0. The van der Waals surface area contributed by atoms with Crippen molar-refractivity contribution in [1.29, 1.82) is 0 Å². The fraction of sp³-hybridized carbons (Fsp3) is 1.00. The van der Waals surface area contributed by atoms with Crippen LogP contribution in [0.4, 0.5) is 0 Å². The van der Waals surface area contributed by atoms with E-state index in [-0.39, 0.29) is 5.75 Å². The monoisotopic (exact) mass is 263 g/mol. The Kier molecular flexibility index (Phi) is 5.85. The molecule has 0 aliphatic carbocycles. The van der Waals surface area contributed by atoms with Crippen molar-refractivity contribution in [2.45, 2.75) is 32.7 Å². The second kappa shape index (κ2) is 6.68. The van der Waals surface area contributed by atoms with Crippen LogP contribution in [0.25, 0.3) is 0 Å². The molecule has 0 saturated carbocycles. The Labute approximate surface area is 105 Å². The largest absolute Gasteiger partial charge is 0.313 e. The molecule has 102 valence electrons. The quantitative estimate of drug-likeness (QED) is 0.677. The molecule has 1 aliphatic rings. The van der Waals surface area contributed by atoms with Crippen LogP contribution < -0.4 is 10.5 Å². The molecule has 0 radical (unpaired) electrons. The lowest BCUT2D eigenvalue weighted by atomic mass is 10.1. The van der Waals surface area contributed by atoms with Crippen molar-refractivity contribution >= 4 is 10.0 Å². The van der Waals surface area contributed by atoms with Gasteiger partial charge in [0.25, 0.3) is 0 Å². The summed E-state index contributed by atoms with van der Waals surface area (Å²) in [7, 11) is -3.35. The van der Waals surface area contributed by atoms with Crippen LogP contribution in [0.1, 0.15) is 26.7 Å². The van der Waals surface area contributed by atoms with E-state index < -0.39 is 10.0 Å². The first kappa shape index (κ1) is 14.9. The summed E-state index contributed by atoms with van der Waals surface area (Å²) in [4.78, 5) is 2.21. The molecule has 0 spiro atoms.